The smallest absolute Gasteiger partial charge is 0.315 e. The summed E-state index contributed by atoms with van der Waals surface area (Å²) < 4.78 is 5.28. The van der Waals surface area contributed by atoms with Crippen molar-refractivity contribution in [2.24, 2.45) is 5.92 Å². The average molecular weight is 301 g/mol. The second kappa shape index (κ2) is 6.38. The van der Waals surface area contributed by atoms with E-state index in [9.17, 15) is 4.79 Å². The number of nitrogens with zero attached hydrogens (tertiary/aromatic N) is 1. The number of urea groups is 1. The van der Waals surface area contributed by atoms with Crippen LogP contribution >= 0.6 is 0 Å². The first kappa shape index (κ1) is 14.9. The third-order valence-corrected chi connectivity index (χ3v) is 4.54. The lowest BCUT2D eigenvalue weighted by molar-refractivity contribution is 0.221. The summed E-state index contributed by atoms with van der Waals surface area (Å²) in [6.45, 7) is 4.61. The molecule has 2 atom stereocenters. The first-order valence-electron chi connectivity index (χ1n) is 8.03. The summed E-state index contributed by atoms with van der Waals surface area (Å²) in [4.78, 5) is 12.1. The van der Waals surface area contributed by atoms with Gasteiger partial charge in [0.15, 0.2) is 5.58 Å². The molecule has 0 aliphatic heterocycles. The Morgan fingerprint density at radius 2 is 2.18 bits per heavy atom. The van der Waals surface area contributed by atoms with E-state index in [1.54, 1.807) is 0 Å². The van der Waals surface area contributed by atoms with Crippen LogP contribution in [0.1, 0.15) is 43.9 Å². The van der Waals surface area contributed by atoms with Gasteiger partial charge in [-0.1, -0.05) is 36.6 Å². The summed E-state index contributed by atoms with van der Waals surface area (Å²) in [7, 11) is 0. The Hall–Kier alpha value is -2.04. The Labute approximate surface area is 130 Å². The van der Waals surface area contributed by atoms with E-state index in [-0.39, 0.29) is 12.1 Å². The van der Waals surface area contributed by atoms with Crippen LogP contribution in [0.4, 0.5) is 4.79 Å². The molecule has 2 N–H and O–H groups in total. The highest BCUT2D eigenvalue weighted by Crippen LogP contribution is 2.23. The van der Waals surface area contributed by atoms with E-state index < -0.39 is 0 Å². The molecule has 118 valence electrons. The molecule has 0 saturated heterocycles. The standard InChI is InChI=1S/C17H23N3O2/c1-11-7-8-16-13(9-11)15(20-22-16)10-18-17(21)19-14-6-4-3-5-12(14)2/h7-9,12,14H,3-6,10H2,1-2H3,(H2,18,19,21). The van der Waals surface area contributed by atoms with Gasteiger partial charge in [0.2, 0.25) is 0 Å². The molecule has 0 radical (unpaired) electrons. The fraction of sp³-hybridized carbons (Fsp3) is 0.529. The zero-order valence-corrected chi connectivity index (χ0v) is 13.2. The topological polar surface area (TPSA) is 67.2 Å². The van der Waals surface area contributed by atoms with Gasteiger partial charge in [0, 0.05) is 11.4 Å². The Morgan fingerprint density at radius 3 is 3.00 bits per heavy atom. The van der Waals surface area contributed by atoms with Gasteiger partial charge in [-0.3, -0.25) is 0 Å². The van der Waals surface area contributed by atoms with E-state index in [1.807, 2.05) is 25.1 Å². The van der Waals surface area contributed by atoms with E-state index in [1.165, 1.54) is 19.3 Å². The summed E-state index contributed by atoms with van der Waals surface area (Å²) in [5, 5.41) is 11.0. The van der Waals surface area contributed by atoms with Gasteiger partial charge < -0.3 is 15.2 Å². The second-order valence-electron chi connectivity index (χ2n) is 6.32. The first-order chi connectivity index (χ1) is 10.6. The molecule has 5 heteroatoms. The SMILES string of the molecule is Cc1ccc2onc(CNC(=O)NC3CCCCC3C)c2c1. The lowest BCUT2D eigenvalue weighted by Gasteiger charge is -2.29. The Bertz CT molecular complexity index is 665. The van der Waals surface area contributed by atoms with Crippen molar-refractivity contribution in [3.63, 3.8) is 0 Å². The number of hydrogen-bond donors (Lipinski definition) is 2. The average Bonchev–Trinajstić information content (AvgIpc) is 2.90. The molecule has 1 aromatic heterocycles. The van der Waals surface area contributed by atoms with Crippen LogP contribution in [-0.4, -0.2) is 17.2 Å². The van der Waals surface area contributed by atoms with Crippen LogP contribution in [0.2, 0.25) is 0 Å². The van der Waals surface area contributed by atoms with Crippen molar-refractivity contribution < 1.29 is 9.32 Å². The number of aryl methyl sites for hydroxylation is 1. The molecule has 1 aliphatic carbocycles. The third-order valence-electron chi connectivity index (χ3n) is 4.54. The third kappa shape index (κ3) is 3.24. The van der Waals surface area contributed by atoms with Crippen molar-refractivity contribution in [2.75, 3.05) is 0 Å². The molecule has 3 rings (SSSR count). The highest BCUT2D eigenvalue weighted by atomic mass is 16.5. The highest BCUT2D eigenvalue weighted by molar-refractivity contribution is 5.81. The number of rotatable bonds is 3. The maximum Gasteiger partial charge on any atom is 0.315 e. The van der Waals surface area contributed by atoms with Crippen molar-refractivity contribution in [1.29, 1.82) is 0 Å². The van der Waals surface area contributed by atoms with E-state index in [4.69, 9.17) is 4.52 Å². The Kier molecular flexibility index (Phi) is 4.32. The molecule has 2 amide bonds. The van der Waals surface area contributed by atoms with Gasteiger partial charge in [-0.2, -0.15) is 0 Å². The molecule has 1 saturated carbocycles. The van der Waals surface area contributed by atoms with Crippen LogP contribution < -0.4 is 10.6 Å². The van der Waals surface area contributed by atoms with Crippen molar-refractivity contribution in [3.05, 3.63) is 29.5 Å². The molecule has 0 spiro atoms. The maximum atomic E-state index is 12.1. The lowest BCUT2D eigenvalue weighted by atomic mass is 9.86. The molecule has 2 unspecified atom stereocenters. The molecule has 0 bridgehead atoms. The zero-order chi connectivity index (χ0) is 15.5. The van der Waals surface area contributed by atoms with Gasteiger partial charge in [0.1, 0.15) is 5.69 Å². The van der Waals surface area contributed by atoms with Crippen LogP contribution in [0.15, 0.2) is 22.7 Å². The number of fused-ring (bicyclic) bond motifs is 1. The fourth-order valence-electron chi connectivity index (χ4n) is 3.14. The van der Waals surface area contributed by atoms with Crippen LogP contribution in [0.3, 0.4) is 0 Å². The highest BCUT2D eigenvalue weighted by Gasteiger charge is 2.22. The van der Waals surface area contributed by atoms with Gasteiger partial charge in [0.25, 0.3) is 0 Å². The minimum Gasteiger partial charge on any atom is -0.356 e. The van der Waals surface area contributed by atoms with Crippen molar-refractivity contribution in [1.82, 2.24) is 15.8 Å². The number of nitrogens with one attached hydrogen (secondary N) is 2. The number of carbonyl (C=O) groups excluding carboxylic acids is 1. The number of carbonyl (C=O) groups is 1. The molecular formula is C17H23N3O2. The zero-order valence-electron chi connectivity index (χ0n) is 13.2. The lowest BCUT2D eigenvalue weighted by Crippen LogP contribution is -2.45. The summed E-state index contributed by atoms with van der Waals surface area (Å²) in [6, 6.07) is 6.09. The van der Waals surface area contributed by atoms with Crippen LogP contribution in [0.25, 0.3) is 11.0 Å². The molecule has 2 aromatic rings. The summed E-state index contributed by atoms with van der Waals surface area (Å²) in [5.74, 6) is 0.551. The van der Waals surface area contributed by atoms with Crippen molar-refractivity contribution >= 4 is 17.0 Å². The molecule has 1 heterocycles. The van der Waals surface area contributed by atoms with Gasteiger partial charge in [-0.15, -0.1) is 0 Å². The fourth-order valence-corrected chi connectivity index (χ4v) is 3.14. The minimum atomic E-state index is -0.123. The predicted molar refractivity (Wildman–Crippen MR) is 85.5 cm³/mol. The monoisotopic (exact) mass is 301 g/mol. The summed E-state index contributed by atoms with van der Waals surface area (Å²) >= 11 is 0. The van der Waals surface area contributed by atoms with E-state index >= 15 is 0 Å². The Morgan fingerprint density at radius 1 is 1.36 bits per heavy atom. The minimum absolute atomic E-state index is 0.123. The molecule has 1 aromatic carbocycles. The maximum absolute atomic E-state index is 12.1. The van der Waals surface area contributed by atoms with Gasteiger partial charge in [0.05, 0.1) is 6.54 Å². The normalized spacial score (nSPS) is 21.7. The van der Waals surface area contributed by atoms with Crippen LogP contribution in [0, 0.1) is 12.8 Å². The second-order valence-corrected chi connectivity index (χ2v) is 6.32. The molecule has 22 heavy (non-hydrogen) atoms. The van der Waals surface area contributed by atoms with Gasteiger partial charge in [-0.25, -0.2) is 4.79 Å². The molecule has 5 nitrogen and oxygen atoms in total. The number of aromatic nitrogens is 1. The molecule has 1 aliphatic rings. The van der Waals surface area contributed by atoms with Gasteiger partial charge >= 0.3 is 6.03 Å². The van der Waals surface area contributed by atoms with Crippen molar-refractivity contribution in [2.45, 2.75) is 52.1 Å². The van der Waals surface area contributed by atoms with Crippen LogP contribution in [-0.2, 0) is 6.54 Å². The predicted octanol–water partition coefficient (Wildman–Crippen LogP) is 3.51. The van der Waals surface area contributed by atoms with E-state index in [2.05, 4.69) is 22.7 Å². The number of amides is 2. The van der Waals surface area contributed by atoms with E-state index in [0.29, 0.717) is 12.5 Å². The van der Waals surface area contributed by atoms with E-state index in [0.717, 1.165) is 28.6 Å². The van der Waals surface area contributed by atoms with Gasteiger partial charge in [-0.05, 0) is 37.8 Å². The first-order valence-corrected chi connectivity index (χ1v) is 8.03. The molecular weight excluding hydrogens is 278 g/mol. The largest absolute Gasteiger partial charge is 0.356 e. The number of hydrogen-bond acceptors (Lipinski definition) is 3. The summed E-state index contributed by atoms with van der Waals surface area (Å²) in [5.41, 5.74) is 2.67. The quantitative estimate of drug-likeness (QED) is 0.911. The number of benzene rings is 1. The van der Waals surface area contributed by atoms with Crippen LogP contribution in [0.5, 0.6) is 0 Å². The summed E-state index contributed by atoms with van der Waals surface area (Å²) in [6.07, 6.45) is 4.73. The van der Waals surface area contributed by atoms with Crippen molar-refractivity contribution in [3.8, 4) is 0 Å². The molecule has 1 fully saturated rings. The Balaban J connectivity index is 1.59.